The van der Waals surface area contributed by atoms with Crippen molar-refractivity contribution in [3.8, 4) is 23.0 Å². The number of hydrogen-bond donors (Lipinski definition) is 0. The Kier molecular flexibility index (Phi) is 12.3. The summed E-state index contributed by atoms with van der Waals surface area (Å²) in [6, 6.07) is 22.0. The molecular formula is C28H30NNaO6. The molecule has 0 heterocycles. The molecule has 0 atom stereocenters. The van der Waals surface area contributed by atoms with Gasteiger partial charge in [0.05, 0.1) is 6.10 Å². The van der Waals surface area contributed by atoms with Crippen molar-refractivity contribution < 1.29 is 58.5 Å². The largest absolute Gasteiger partial charge is 1.00 e. The number of hydrogen-bond acceptors (Lipinski definition) is 7. The van der Waals surface area contributed by atoms with Gasteiger partial charge in [0.25, 0.3) is 0 Å². The quantitative estimate of drug-likeness (QED) is 0.154. The van der Waals surface area contributed by atoms with Crippen LogP contribution in [-0.4, -0.2) is 31.0 Å². The van der Waals surface area contributed by atoms with E-state index in [0.29, 0.717) is 35.1 Å². The summed E-state index contributed by atoms with van der Waals surface area (Å²) in [4.78, 5) is 16.6. The number of carboxylic acid groups (broad SMARTS) is 1. The molecule has 0 saturated heterocycles. The van der Waals surface area contributed by atoms with Crippen LogP contribution in [0.15, 0.2) is 78.0 Å². The Morgan fingerprint density at radius 3 is 2.33 bits per heavy atom. The van der Waals surface area contributed by atoms with Gasteiger partial charge in [-0.05, 0) is 62.2 Å². The van der Waals surface area contributed by atoms with Crippen molar-refractivity contribution in [3.05, 3.63) is 83.9 Å². The summed E-state index contributed by atoms with van der Waals surface area (Å²) < 4.78 is 17.7. The fourth-order valence-corrected chi connectivity index (χ4v) is 3.22. The second-order valence-corrected chi connectivity index (χ2v) is 8.13. The number of ether oxygens (including phenoxy) is 3. The summed E-state index contributed by atoms with van der Waals surface area (Å²) in [6.45, 7) is 6.35. The van der Waals surface area contributed by atoms with Gasteiger partial charge >= 0.3 is 29.6 Å². The number of carboxylic acids is 1. The molecule has 3 aromatic carbocycles. The molecule has 0 aromatic heterocycles. The third kappa shape index (κ3) is 9.93. The number of oxime groups is 1. The van der Waals surface area contributed by atoms with Gasteiger partial charge in [0.15, 0.2) is 0 Å². The second-order valence-electron chi connectivity index (χ2n) is 8.13. The molecule has 0 spiro atoms. The smallest absolute Gasteiger partial charge is 0.550 e. The van der Waals surface area contributed by atoms with Crippen LogP contribution in [0.3, 0.4) is 0 Å². The van der Waals surface area contributed by atoms with E-state index in [9.17, 15) is 9.90 Å². The summed E-state index contributed by atoms with van der Waals surface area (Å²) in [5.41, 5.74) is 1.87. The summed E-state index contributed by atoms with van der Waals surface area (Å²) in [5.74, 6) is 1.18. The van der Waals surface area contributed by atoms with Gasteiger partial charge in [0.1, 0.15) is 41.9 Å². The third-order valence-electron chi connectivity index (χ3n) is 4.65. The average Bonchev–Trinajstić information content (AvgIpc) is 2.81. The monoisotopic (exact) mass is 499 g/mol. The van der Waals surface area contributed by atoms with Gasteiger partial charge in [-0.1, -0.05) is 42.4 Å². The first-order valence-electron chi connectivity index (χ1n) is 11.6. The molecule has 0 amide bonds. The summed E-state index contributed by atoms with van der Waals surface area (Å²) >= 11 is 0. The minimum absolute atomic E-state index is 0. The summed E-state index contributed by atoms with van der Waals surface area (Å²) in [5, 5.41) is 15.4. The normalized spacial score (nSPS) is 10.9. The Balaban J connectivity index is 0.00000456. The van der Waals surface area contributed by atoms with Gasteiger partial charge in [-0.2, -0.15) is 0 Å². The molecule has 0 aliphatic carbocycles. The molecule has 0 fully saturated rings. The molecule has 0 N–H and O–H groups in total. The van der Waals surface area contributed by atoms with E-state index in [2.05, 4.69) is 5.16 Å². The molecule has 0 aliphatic rings. The first kappa shape index (κ1) is 29.2. The zero-order valence-electron chi connectivity index (χ0n) is 21.2. The van der Waals surface area contributed by atoms with Crippen LogP contribution in [0, 0.1) is 0 Å². The predicted molar refractivity (Wildman–Crippen MR) is 132 cm³/mol. The van der Waals surface area contributed by atoms with Crippen LogP contribution in [0.25, 0.3) is 0 Å². The first-order valence-corrected chi connectivity index (χ1v) is 11.6. The molecular weight excluding hydrogens is 469 g/mol. The van der Waals surface area contributed by atoms with E-state index in [-0.39, 0.29) is 48.7 Å². The fourth-order valence-electron chi connectivity index (χ4n) is 3.22. The zero-order chi connectivity index (χ0) is 25.0. The fraction of sp³-hybridized carbons (Fsp3) is 0.286. The number of benzene rings is 3. The van der Waals surface area contributed by atoms with E-state index < -0.39 is 5.97 Å². The van der Waals surface area contributed by atoms with E-state index in [0.717, 1.165) is 17.7 Å². The molecule has 7 nitrogen and oxygen atoms in total. The first-order chi connectivity index (χ1) is 16.9. The van der Waals surface area contributed by atoms with Gasteiger partial charge in [-0.3, -0.25) is 0 Å². The van der Waals surface area contributed by atoms with Crippen LogP contribution < -0.4 is 48.9 Å². The van der Waals surface area contributed by atoms with Gasteiger partial charge in [0.2, 0.25) is 0 Å². The van der Waals surface area contributed by atoms with Crippen molar-refractivity contribution in [3.63, 3.8) is 0 Å². The van der Waals surface area contributed by atoms with E-state index in [1.54, 1.807) is 18.2 Å². The number of rotatable bonds is 13. The number of para-hydroxylation sites is 1. The van der Waals surface area contributed by atoms with Gasteiger partial charge in [0, 0.05) is 24.0 Å². The Bertz CT molecular complexity index is 1130. The molecule has 0 bridgehead atoms. The van der Waals surface area contributed by atoms with Gasteiger partial charge in [-0.25, -0.2) is 0 Å². The zero-order valence-corrected chi connectivity index (χ0v) is 23.2. The minimum Gasteiger partial charge on any atom is -0.550 e. The molecule has 0 aliphatic heterocycles. The van der Waals surface area contributed by atoms with Crippen molar-refractivity contribution >= 4 is 11.7 Å². The maximum atomic E-state index is 11.1. The van der Waals surface area contributed by atoms with Crippen LogP contribution in [-0.2, 0) is 16.1 Å². The predicted octanol–water partition coefficient (Wildman–Crippen LogP) is 1.77. The van der Waals surface area contributed by atoms with Crippen LogP contribution in [0.2, 0.25) is 0 Å². The SMILES string of the molecule is CCCO/N=C(\COc1cc(CC(=O)[O-])cc(OC(C)C)c1)c1cccc(Oc2ccccc2)c1.[Na+]. The maximum absolute atomic E-state index is 11.1. The maximum Gasteiger partial charge on any atom is 1.00 e. The Hall–Kier alpha value is -3.00. The molecule has 3 aromatic rings. The summed E-state index contributed by atoms with van der Waals surface area (Å²) in [6.07, 6.45) is 0.495. The van der Waals surface area contributed by atoms with E-state index >= 15 is 0 Å². The van der Waals surface area contributed by atoms with Crippen LogP contribution in [0.4, 0.5) is 0 Å². The van der Waals surface area contributed by atoms with E-state index in [4.69, 9.17) is 19.0 Å². The van der Waals surface area contributed by atoms with Gasteiger partial charge in [-0.15, -0.1) is 0 Å². The molecule has 184 valence electrons. The molecule has 8 heteroatoms. The van der Waals surface area contributed by atoms with Crippen molar-refractivity contribution in [2.45, 2.75) is 39.7 Å². The van der Waals surface area contributed by atoms with Crippen molar-refractivity contribution in [2.75, 3.05) is 13.2 Å². The van der Waals surface area contributed by atoms with Crippen LogP contribution in [0.5, 0.6) is 23.0 Å². The third-order valence-corrected chi connectivity index (χ3v) is 4.65. The number of carbonyl (C=O) groups is 1. The Labute approximate surface area is 234 Å². The minimum atomic E-state index is -1.18. The van der Waals surface area contributed by atoms with Gasteiger partial charge < -0.3 is 28.9 Å². The Morgan fingerprint density at radius 2 is 1.64 bits per heavy atom. The van der Waals surface area contributed by atoms with Crippen LogP contribution in [0.1, 0.15) is 38.3 Å². The molecule has 36 heavy (non-hydrogen) atoms. The van der Waals surface area contributed by atoms with Crippen molar-refractivity contribution in [1.29, 1.82) is 0 Å². The number of carbonyl (C=O) groups excluding carboxylic acids is 1. The molecule has 0 unspecified atom stereocenters. The van der Waals surface area contributed by atoms with Crippen molar-refractivity contribution in [1.82, 2.24) is 0 Å². The number of aliphatic carboxylic acids is 1. The van der Waals surface area contributed by atoms with Crippen LogP contribution >= 0.6 is 0 Å². The molecule has 0 saturated carbocycles. The summed E-state index contributed by atoms with van der Waals surface area (Å²) in [7, 11) is 0. The topological polar surface area (TPSA) is 89.4 Å². The molecule has 0 radical (unpaired) electrons. The second kappa shape index (κ2) is 15.2. The van der Waals surface area contributed by atoms with Crippen molar-refractivity contribution in [2.24, 2.45) is 5.16 Å². The van der Waals surface area contributed by atoms with E-state index in [1.807, 2.05) is 75.4 Å². The number of nitrogens with zero attached hydrogens (tertiary/aromatic N) is 1. The Morgan fingerprint density at radius 1 is 0.917 bits per heavy atom. The van der Waals surface area contributed by atoms with E-state index in [1.165, 1.54) is 0 Å². The molecule has 3 rings (SSSR count). The standard InChI is InChI=1S/C28H31NO6.Na/c1-4-13-33-29-27(22-9-8-12-24(17-22)35-23-10-6-5-7-11-23)19-32-25-14-21(16-28(30)31)15-26(18-25)34-20(2)3;/h5-12,14-15,17-18,20H,4,13,16,19H2,1-3H3,(H,30,31);/q;+1/p-1/b29-27+;. The average molecular weight is 500 g/mol.